The van der Waals surface area contributed by atoms with E-state index in [-0.39, 0.29) is 23.7 Å². The van der Waals surface area contributed by atoms with Crippen molar-refractivity contribution in [1.82, 2.24) is 9.78 Å². The molecular weight excluding hydrogens is 470 g/mol. The van der Waals surface area contributed by atoms with Gasteiger partial charge in [-0.2, -0.15) is 5.10 Å². The fourth-order valence-electron chi connectivity index (χ4n) is 4.09. The first kappa shape index (κ1) is 24.1. The molecule has 2 heterocycles. The van der Waals surface area contributed by atoms with Gasteiger partial charge in [0.1, 0.15) is 18.0 Å². The van der Waals surface area contributed by atoms with Gasteiger partial charge in [-0.15, -0.1) is 0 Å². The number of oxime groups is 1. The third-order valence-electron chi connectivity index (χ3n) is 5.79. The molecule has 4 rings (SSSR count). The predicted molar refractivity (Wildman–Crippen MR) is 129 cm³/mol. The summed E-state index contributed by atoms with van der Waals surface area (Å²) in [4.78, 5) is 28.4. The summed E-state index contributed by atoms with van der Waals surface area (Å²) >= 11 is 0. The third-order valence-corrected chi connectivity index (χ3v) is 7.58. The largest absolute Gasteiger partial charge is 0.469 e. The number of hydrogen-bond acceptors (Lipinski definition) is 8. The van der Waals surface area contributed by atoms with Gasteiger partial charge in [0.25, 0.3) is 0 Å². The van der Waals surface area contributed by atoms with Crippen LogP contribution in [0.3, 0.4) is 0 Å². The SMILES string of the molecule is CCn1ncc(-c2ccc3c(c2C)C(=NOC)CC(=C=O)S3(=O)=O)c1OCC(=O)c1ccccc1. The van der Waals surface area contributed by atoms with E-state index in [0.29, 0.717) is 46.0 Å². The molecule has 0 aliphatic carbocycles. The lowest BCUT2D eigenvalue weighted by molar-refractivity contribution is 0.0914. The van der Waals surface area contributed by atoms with Crippen LogP contribution in [0.15, 0.2) is 63.6 Å². The average molecular weight is 494 g/mol. The molecule has 180 valence electrons. The molecule has 2 aromatic carbocycles. The maximum atomic E-state index is 12.9. The average Bonchev–Trinajstić information content (AvgIpc) is 3.27. The third kappa shape index (κ3) is 4.29. The van der Waals surface area contributed by atoms with Crippen LogP contribution in [-0.4, -0.2) is 49.4 Å². The Bertz CT molecular complexity index is 1480. The van der Waals surface area contributed by atoms with Gasteiger partial charge in [0.15, 0.2) is 12.4 Å². The Labute approximate surface area is 202 Å². The number of Topliss-reactive ketones (excluding diaryl/α,β-unsaturated/α-hetero) is 1. The van der Waals surface area contributed by atoms with E-state index in [9.17, 15) is 18.0 Å². The Hall–Kier alpha value is -4.01. The summed E-state index contributed by atoms with van der Waals surface area (Å²) in [6.07, 6.45) is 1.39. The van der Waals surface area contributed by atoms with Crippen LogP contribution in [0, 0.1) is 6.92 Å². The van der Waals surface area contributed by atoms with Crippen molar-refractivity contribution in [2.24, 2.45) is 5.16 Å². The summed E-state index contributed by atoms with van der Waals surface area (Å²) in [7, 11) is -2.66. The number of fused-ring (bicyclic) bond motifs is 1. The lowest BCUT2D eigenvalue weighted by Crippen LogP contribution is -2.22. The Kier molecular flexibility index (Phi) is 6.68. The minimum absolute atomic E-state index is 0.0382. The van der Waals surface area contributed by atoms with E-state index >= 15 is 0 Å². The second-order valence-electron chi connectivity index (χ2n) is 7.79. The number of aromatic nitrogens is 2. The Morgan fingerprint density at radius 2 is 1.91 bits per heavy atom. The minimum atomic E-state index is -4.01. The molecule has 1 aliphatic rings. The topological polar surface area (TPSA) is 117 Å². The van der Waals surface area contributed by atoms with E-state index in [1.807, 2.05) is 13.0 Å². The fraction of sp³-hybridized carbons (Fsp3) is 0.240. The van der Waals surface area contributed by atoms with Crippen molar-refractivity contribution >= 4 is 27.3 Å². The smallest absolute Gasteiger partial charge is 0.220 e. The number of rotatable bonds is 7. The molecule has 3 aromatic rings. The number of ketones is 1. The number of benzene rings is 2. The highest BCUT2D eigenvalue weighted by atomic mass is 32.2. The Morgan fingerprint density at radius 1 is 1.17 bits per heavy atom. The standard InChI is InChI=1S/C25H23N3O6S/c1-4-28-25(34-15-22(30)17-8-6-5-7-9-17)20(13-26-28)19-10-11-23-24(16(19)2)21(27-33-3)12-18(14-29)35(23,31)32/h5-11,13H,4,12,15H2,1-3H3. The molecule has 10 heteroatoms. The molecule has 1 aromatic heterocycles. The monoisotopic (exact) mass is 493 g/mol. The van der Waals surface area contributed by atoms with E-state index in [0.717, 1.165) is 0 Å². The lowest BCUT2D eigenvalue weighted by Gasteiger charge is -2.22. The molecule has 0 radical (unpaired) electrons. The zero-order valence-corrected chi connectivity index (χ0v) is 20.3. The number of carbonyl (C=O) groups excluding carboxylic acids is 2. The van der Waals surface area contributed by atoms with Crippen molar-refractivity contribution in [1.29, 1.82) is 0 Å². The first-order valence-corrected chi connectivity index (χ1v) is 12.3. The van der Waals surface area contributed by atoms with Gasteiger partial charge in [-0.25, -0.2) is 17.9 Å². The van der Waals surface area contributed by atoms with Crippen molar-refractivity contribution in [3.05, 3.63) is 70.3 Å². The van der Waals surface area contributed by atoms with E-state index in [2.05, 4.69) is 10.3 Å². The van der Waals surface area contributed by atoms with Gasteiger partial charge in [0.2, 0.25) is 15.7 Å². The van der Waals surface area contributed by atoms with Crippen molar-refractivity contribution in [2.45, 2.75) is 31.7 Å². The number of sulfone groups is 1. The molecule has 0 bridgehead atoms. The number of aryl methyl sites for hydroxylation is 1. The fourth-order valence-corrected chi connectivity index (χ4v) is 5.57. The molecule has 9 nitrogen and oxygen atoms in total. The van der Waals surface area contributed by atoms with Crippen LogP contribution < -0.4 is 4.74 Å². The minimum Gasteiger partial charge on any atom is -0.469 e. The van der Waals surface area contributed by atoms with E-state index in [1.54, 1.807) is 48.1 Å². The molecular formula is C25H23N3O6S. The summed E-state index contributed by atoms with van der Waals surface area (Å²) in [5.74, 6) is 1.73. The van der Waals surface area contributed by atoms with E-state index in [1.165, 1.54) is 19.1 Å². The van der Waals surface area contributed by atoms with E-state index in [4.69, 9.17) is 9.57 Å². The summed E-state index contributed by atoms with van der Waals surface area (Å²) in [6.45, 7) is 3.96. The number of allylic oxidation sites excluding steroid dienone is 1. The molecule has 0 saturated heterocycles. The lowest BCUT2D eigenvalue weighted by atomic mass is 9.94. The zero-order valence-electron chi connectivity index (χ0n) is 19.4. The van der Waals surface area contributed by atoms with Crippen molar-refractivity contribution in [3.63, 3.8) is 0 Å². The first-order chi connectivity index (χ1) is 16.8. The molecule has 1 aliphatic heterocycles. The van der Waals surface area contributed by atoms with Crippen molar-refractivity contribution in [2.75, 3.05) is 13.7 Å². The van der Waals surface area contributed by atoms with Gasteiger partial charge in [-0.05, 0) is 31.0 Å². The van der Waals surface area contributed by atoms with Crippen LogP contribution in [0.5, 0.6) is 5.88 Å². The maximum absolute atomic E-state index is 12.9. The van der Waals surface area contributed by atoms with Gasteiger partial charge in [-0.3, -0.25) is 4.79 Å². The van der Waals surface area contributed by atoms with Gasteiger partial charge in [0.05, 0.1) is 22.4 Å². The van der Waals surface area contributed by atoms with Crippen LogP contribution in [0.2, 0.25) is 0 Å². The Balaban J connectivity index is 1.80. The normalized spacial score (nSPS) is 15.4. The summed E-state index contributed by atoms with van der Waals surface area (Å²) in [6, 6.07) is 11.9. The molecule has 0 saturated carbocycles. The molecule has 0 amide bonds. The highest BCUT2D eigenvalue weighted by Crippen LogP contribution is 2.40. The van der Waals surface area contributed by atoms with Crippen LogP contribution >= 0.6 is 0 Å². The molecule has 0 spiro atoms. The van der Waals surface area contributed by atoms with E-state index < -0.39 is 14.7 Å². The van der Waals surface area contributed by atoms with Crippen molar-refractivity contribution in [3.8, 4) is 17.0 Å². The van der Waals surface area contributed by atoms with Gasteiger partial charge < -0.3 is 9.57 Å². The summed E-state index contributed by atoms with van der Waals surface area (Å²) < 4.78 is 33.4. The molecule has 0 fully saturated rings. The molecule has 0 atom stereocenters. The highest BCUT2D eigenvalue weighted by Gasteiger charge is 2.36. The molecule has 35 heavy (non-hydrogen) atoms. The van der Waals surface area contributed by atoms with Crippen LogP contribution in [0.25, 0.3) is 11.1 Å². The van der Waals surface area contributed by atoms with Crippen LogP contribution in [-0.2, 0) is 26.0 Å². The second kappa shape index (κ2) is 9.69. The summed E-state index contributed by atoms with van der Waals surface area (Å²) in [5, 5.41) is 8.35. The quantitative estimate of drug-likeness (QED) is 0.281. The summed E-state index contributed by atoms with van der Waals surface area (Å²) in [5.41, 5.74) is 3.05. The first-order valence-electron chi connectivity index (χ1n) is 10.8. The van der Waals surface area contributed by atoms with Gasteiger partial charge in [0, 0.05) is 24.1 Å². The highest BCUT2D eigenvalue weighted by molar-refractivity contribution is 7.95. The van der Waals surface area contributed by atoms with Crippen LogP contribution in [0.4, 0.5) is 0 Å². The number of carbonyl (C=O) groups is 1. The van der Waals surface area contributed by atoms with Crippen LogP contribution in [0.1, 0.15) is 34.8 Å². The maximum Gasteiger partial charge on any atom is 0.220 e. The molecule has 0 N–H and O–H groups in total. The Morgan fingerprint density at radius 3 is 2.57 bits per heavy atom. The zero-order chi connectivity index (χ0) is 25.2. The number of ether oxygens (including phenoxy) is 1. The van der Waals surface area contributed by atoms with Gasteiger partial charge >= 0.3 is 0 Å². The molecule has 0 unspecified atom stereocenters. The number of hydrogen-bond donors (Lipinski definition) is 0. The van der Waals surface area contributed by atoms with Crippen molar-refractivity contribution < 1.29 is 27.6 Å². The van der Waals surface area contributed by atoms with Gasteiger partial charge in [-0.1, -0.05) is 41.6 Å². The predicted octanol–water partition coefficient (Wildman–Crippen LogP) is 3.38. The number of nitrogens with zero attached hydrogens (tertiary/aromatic N) is 3. The second-order valence-corrected chi connectivity index (χ2v) is 9.73.